The molecule has 1 aliphatic heterocycles. The Bertz CT molecular complexity index is 1020. The number of nitrogens with zero attached hydrogens (tertiary/aromatic N) is 4. The largest absolute Gasteiger partial charge is 0.496 e. The summed E-state index contributed by atoms with van der Waals surface area (Å²) in [7, 11) is 1.64. The fraction of sp³-hybridized carbons (Fsp3) is 0.333. The molecule has 0 spiro atoms. The van der Waals surface area contributed by atoms with Crippen molar-refractivity contribution in [3.8, 4) is 22.8 Å². The number of hydrogen-bond acceptors (Lipinski definition) is 7. The van der Waals surface area contributed by atoms with Crippen molar-refractivity contribution in [2.45, 2.75) is 12.8 Å². The number of H-pyrrole nitrogens is 1. The highest BCUT2D eigenvalue weighted by atomic mass is 16.5. The summed E-state index contributed by atoms with van der Waals surface area (Å²) in [5.74, 6) is 3.43. The molecule has 1 aliphatic rings. The summed E-state index contributed by atoms with van der Waals surface area (Å²) in [4.78, 5) is 11.4. The molecule has 154 valence electrons. The summed E-state index contributed by atoms with van der Waals surface area (Å²) in [6.07, 6.45) is 5.19. The number of ether oxygens (including phenoxy) is 2. The number of hydrogen-bond donors (Lipinski definition) is 3. The van der Waals surface area contributed by atoms with Crippen LogP contribution in [0.5, 0.6) is 11.5 Å². The molecule has 1 fully saturated rings. The van der Waals surface area contributed by atoms with Gasteiger partial charge in [0, 0.05) is 17.7 Å². The van der Waals surface area contributed by atoms with Gasteiger partial charge in [0.25, 0.3) is 5.82 Å². The van der Waals surface area contributed by atoms with Crippen molar-refractivity contribution in [3.63, 3.8) is 0 Å². The Morgan fingerprint density at radius 2 is 2.03 bits per heavy atom. The van der Waals surface area contributed by atoms with Gasteiger partial charge in [0.2, 0.25) is 0 Å². The van der Waals surface area contributed by atoms with E-state index >= 15 is 0 Å². The van der Waals surface area contributed by atoms with E-state index in [1.54, 1.807) is 7.11 Å². The second kappa shape index (κ2) is 9.24. The minimum absolute atomic E-state index is 0.246. The lowest BCUT2D eigenvalue weighted by Crippen LogP contribution is -2.30. The summed E-state index contributed by atoms with van der Waals surface area (Å²) in [5.41, 5.74) is 1.67. The van der Waals surface area contributed by atoms with Gasteiger partial charge in [0.05, 0.1) is 25.6 Å². The zero-order valence-corrected chi connectivity index (χ0v) is 16.7. The van der Waals surface area contributed by atoms with E-state index in [9.17, 15) is 0 Å². The lowest BCUT2D eigenvalue weighted by molar-refractivity contribution is 0.214. The second-order valence-corrected chi connectivity index (χ2v) is 7.03. The number of anilines is 2. The minimum Gasteiger partial charge on any atom is -0.496 e. The van der Waals surface area contributed by atoms with Gasteiger partial charge < -0.3 is 25.0 Å². The average molecular weight is 405 g/mol. The van der Waals surface area contributed by atoms with E-state index < -0.39 is 0 Å². The molecule has 0 saturated carbocycles. The molecule has 9 heteroatoms. The molecule has 2 aromatic heterocycles. The van der Waals surface area contributed by atoms with Gasteiger partial charge in [-0.3, -0.25) is 5.10 Å². The first-order valence-corrected chi connectivity index (χ1v) is 9.79. The highest BCUT2D eigenvalue weighted by molar-refractivity contribution is 5.71. The normalized spacial score (nSPS) is 14.1. The predicted molar refractivity (Wildman–Crippen MR) is 113 cm³/mol. The molecule has 1 saturated heterocycles. The maximum absolute atomic E-state index is 6.93. The van der Waals surface area contributed by atoms with Crippen molar-refractivity contribution >= 4 is 17.5 Å². The van der Waals surface area contributed by atoms with E-state index in [1.807, 2.05) is 24.3 Å². The van der Waals surface area contributed by atoms with Crippen LogP contribution in [0.3, 0.4) is 0 Å². The predicted octanol–water partition coefficient (Wildman–Crippen LogP) is 3.55. The van der Waals surface area contributed by atoms with Crippen molar-refractivity contribution in [1.29, 1.82) is 0 Å². The van der Waals surface area contributed by atoms with E-state index in [2.05, 4.69) is 35.6 Å². The molecule has 0 bridgehead atoms. The zero-order chi connectivity index (χ0) is 20.8. The smallest absolute Gasteiger partial charge is 0.288 e. The molecule has 0 unspecified atom stereocenters. The quantitative estimate of drug-likeness (QED) is 0.517. The Morgan fingerprint density at radius 3 is 2.77 bits per heavy atom. The van der Waals surface area contributed by atoms with Crippen LogP contribution in [-0.4, -0.2) is 47.0 Å². The lowest BCUT2D eigenvalue weighted by atomic mass is 9.99. The fourth-order valence-electron chi connectivity index (χ4n) is 3.34. The van der Waals surface area contributed by atoms with Crippen LogP contribution in [0.4, 0.5) is 17.5 Å². The summed E-state index contributed by atoms with van der Waals surface area (Å²) >= 11 is 0. The number of rotatable bonds is 7. The molecular weight excluding hydrogens is 382 g/mol. The summed E-state index contributed by atoms with van der Waals surface area (Å²) in [5, 5.41) is 13.7. The maximum Gasteiger partial charge on any atom is 0.288 e. The second-order valence-electron chi connectivity index (χ2n) is 7.03. The third-order valence-electron chi connectivity index (χ3n) is 4.99. The van der Waals surface area contributed by atoms with Gasteiger partial charge in [-0.2, -0.15) is 5.10 Å². The number of piperidine rings is 1. The van der Waals surface area contributed by atoms with Gasteiger partial charge in [-0.1, -0.05) is 6.57 Å². The van der Waals surface area contributed by atoms with Crippen molar-refractivity contribution < 1.29 is 9.47 Å². The first kappa shape index (κ1) is 19.7. The van der Waals surface area contributed by atoms with Crippen LogP contribution in [0, 0.1) is 12.5 Å². The highest BCUT2D eigenvalue weighted by Gasteiger charge is 2.15. The molecular formula is C21H23N7O2. The maximum atomic E-state index is 6.93. The SMILES string of the molecule is [C-]#[N+]c1cnc(Nc2cc(-c3ccc(OCC4CCNCC4)cc3OC)[nH]n2)cn1. The molecule has 0 atom stereocenters. The van der Waals surface area contributed by atoms with E-state index in [0.29, 0.717) is 23.3 Å². The van der Waals surface area contributed by atoms with Gasteiger partial charge >= 0.3 is 0 Å². The Morgan fingerprint density at radius 1 is 1.17 bits per heavy atom. The monoisotopic (exact) mass is 405 g/mol. The topological polar surface area (TPSA) is 101 Å². The van der Waals surface area contributed by atoms with Crippen LogP contribution in [0.25, 0.3) is 16.1 Å². The van der Waals surface area contributed by atoms with Crippen molar-refractivity contribution in [3.05, 3.63) is 48.1 Å². The van der Waals surface area contributed by atoms with Gasteiger partial charge in [-0.05, 0) is 44.0 Å². The summed E-state index contributed by atoms with van der Waals surface area (Å²) in [6.45, 7) is 9.76. The van der Waals surface area contributed by atoms with Crippen molar-refractivity contribution in [1.82, 2.24) is 25.5 Å². The molecule has 9 nitrogen and oxygen atoms in total. The van der Waals surface area contributed by atoms with E-state index in [-0.39, 0.29) is 5.82 Å². The first-order chi connectivity index (χ1) is 14.7. The Balaban J connectivity index is 1.44. The first-order valence-electron chi connectivity index (χ1n) is 9.79. The average Bonchev–Trinajstić information content (AvgIpc) is 3.27. The van der Waals surface area contributed by atoms with Crippen LogP contribution in [0.2, 0.25) is 0 Å². The van der Waals surface area contributed by atoms with Gasteiger partial charge in [0.15, 0.2) is 17.8 Å². The summed E-state index contributed by atoms with van der Waals surface area (Å²) in [6, 6.07) is 7.66. The Hall–Kier alpha value is -3.64. The summed E-state index contributed by atoms with van der Waals surface area (Å²) < 4.78 is 11.6. The van der Waals surface area contributed by atoms with Crippen LogP contribution in [0.1, 0.15) is 12.8 Å². The zero-order valence-electron chi connectivity index (χ0n) is 16.7. The number of methoxy groups -OCH3 is 1. The molecule has 30 heavy (non-hydrogen) atoms. The van der Waals surface area contributed by atoms with E-state index in [1.165, 1.54) is 12.4 Å². The number of aromatic nitrogens is 4. The molecule has 0 amide bonds. The standard InChI is InChI=1S/C21H23N7O2/c1-22-20-11-25-21(12-24-20)26-19-10-17(27-28-19)16-4-3-15(9-18(16)29-2)30-13-14-5-7-23-8-6-14/h3-4,9-12,14,23H,5-8,13H2,2H3,(H2,25,26,27,28). The molecule has 3 aromatic rings. The molecule has 3 heterocycles. The third-order valence-corrected chi connectivity index (χ3v) is 4.99. The van der Waals surface area contributed by atoms with Gasteiger partial charge in [0.1, 0.15) is 11.5 Å². The number of aromatic amines is 1. The van der Waals surface area contributed by atoms with Crippen LogP contribution >= 0.6 is 0 Å². The van der Waals surface area contributed by atoms with Crippen LogP contribution in [-0.2, 0) is 0 Å². The van der Waals surface area contributed by atoms with Gasteiger partial charge in [-0.25, -0.2) is 4.98 Å². The molecule has 0 aliphatic carbocycles. The highest BCUT2D eigenvalue weighted by Crippen LogP contribution is 2.33. The number of nitrogens with one attached hydrogen (secondary N) is 3. The third kappa shape index (κ3) is 4.67. The Labute approximate surface area is 174 Å². The minimum atomic E-state index is 0.246. The van der Waals surface area contributed by atoms with E-state index in [4.69, 9.17) is 16.0 Å². The van der Waals surface area contributed by atoms with Crippen LogP contribution < -0.4 is 20.1 Å². The van der Waals surface area contributed by atoms with E-state index in [0.717, 1.165) is 49.5 Å². The Kier molecular flexibility index (Phi) is 6.06. The molecule has 1 aromatic carbocycles. The fourth-order valence-corrected chi connectivity index (χ4v) is 3.34. The molecule has 0 radical (unpaired) electrons. The molecule has 3 N–H and O–H groups in total. The lowest BCUT2D eigenvalue weighted by Gasteiger charge is -2.22. The van der Waals surface area contributed by atoms with Crippen molar-refractivity contribution in [2.24, 2.45) is 5.92 Å². The van der Waals surface area contributed by atoms with Crippen molar-refractivity contribution in [2.75, 3.05) is 32.1 Å². The number of benzene rings is 1. The molecule has 4 rings (SSSR count). The van der Waals surface area contributed by atoms with Crippen LogP contribution in [0.15, 0.2) is 36.7 Å². The van der Waals surface area contributed by atoms with Gasteiger partial charge in [-0.15, -0.1) is 4.98 Å².